The van der Waals surface area contributed by atoms with Crippen LogP contribution in [0, 0.1) is 5.92 Å². The molecule has 16 heavy (non-hydrogen) atoms. The van der Waals surface area contributed by atoms with E-state index in [1.54, 1.807) is 0 Å². The summed E-state index contributed by atoms with van der Waals surface area (Å²) in [5, 5.41) is 3.36. The Morgan fingerprint density at radius 2 is 1.88 bits per heavy atom. The third-order valence-electron chi connectivity index (χ3n) is 3.96. The van der Waals surface area contributed by atoms with Gasteiger partial charge in [-0.1, -0.05) is 33.6 Å². The second kappa shape index (κ2) is 5.67. The van der Waals surface area contributed by atoms with Crippen LogP contribution in [0.25, 0.3) is 0 Å². The molecule has 94 valence electrons. The summed E-state index contributed by atoms with van der Waals surface area (Å²) in [4.78, 5) is 14.2. The standard InChI is InChI=1S/C13H26N2O/c1-6-11(7-2)10(5)15-12(8-3)14-9(4)13(15)16/h9-12,14H,6-8H2,1-5H3. The van der Waals surface area contributed by atoms with Crippen molar-refractivity contribution in [3.8, 4) is 0 Å². The van der Waals surface area contributed by atoms with Gasteiger partial charge in [0.05, 0.1) is 12.2 Å². The second-order valence-electron chi connectivity index (χ2n) is 4.88. The summed E-state index contributed by atoms with van der Waals surface area (Å²) in [5.74, 6) is 0.886. The highest BCUT2D eigenvalue weighted by molar-refractivity contribution is 5.84. The molecule has 1 saturated heterocycles. The fourth-order valence-electron chi connectivity index (χ4n) is 2.81. The van der Waals surface area contributed by atoms with E-state index < -0.39 is 0 Å². The van der Waals surface area contributed by atoms with E-state index in [1.807, 2.05) is 6.92 Å². The molecular formula is C13H26N2O. The van der Waals surface area contributed by atoms with Crippen LogP contribution in [0.1, 0.15) is 53.9 Å². The lowest BCUT2D eigenvalue weighted by molar-refractivity contribution is -0.132. The molecule has 1 N–H and O–H groups in total. The molecule has 0 bridgehead atoms. The molecule has 0 saturated carbocycles. The van der Waals surface area contributed by atoms with Crippen molar-refractivity contribution in [2.75, 3.05) is 0 Å². The number of hydrogen-bond donors (Lipinski definition) is 1. The molecule has 3 heteroatoms. The zero-order valence-corrected chi connectivity index (χ0v) is 11.3. The van der Waals surface area contributed by atoms with Gasteiger partial charge >= 0.3 is 0 Å². The van der Waals surface area contributed by atoms with E-state index in [-0.39, 0.29) is 18.1 Å². The summed E-state index contributed by atoms with van der Waals surface area (Å²) in [6.45, 7) is 10.7. The molecule has 3 atom stereocenters. The van der Waals surface area contributed by atoms with Crippen molar-refractivity contribution in [1.82, 2.24) is 10.2 Å². The van der Waals surface area contributed by atoms with Crippen LogP contribution in [0.4, 0.5) is 0 Å². The fourth-order valence-corrected chi connectivity index (χ4v) is 2.81. The van der Waals surface area contributed by atoms with E-state index in [9.17, 15) is 4.79 Å². The van der Waals surface area contributed by atoms with Crippen LogP contribution >= 0.6 is 0 Å². The van der Waals surface area contributed by atoms with Gasteiger partial charge in [0.2, 0.25) is 5.91 Å². The number of nitrogens with zero attached hydrogens (tertiary/aromatic N) is 1. The molecule has 1 rings (SSSR count). The van der Waals surface area contributed by atoms with Crippen LogP contribution in [-0.4, -0.2) is 29.1 Å². The van der Waals surface area contributed by atoms with Crippen molar-refractivity contribution in [1.29, 1.82) is 0 Å². The molecule has 0 radical (unpaired) electrons. The van der Waals surface area contributed by atoms with Crippen molar-refractivity contribution >= 4 is 5.91 Å². The van der Waals surface area contributed by atoms with Gasteiger partial charge < -0.3 is 4.90 Å². The van der Waals surface area contributed by atoms with Gasteiger partial charge in [-0.15, -0.1) is 0 Å². The first kappa shape index (κ1) is 13.5. The number of nitrogens with one attached hydrogen (secondary N) is 1. The zero-order chi connectivity index (χ0) is 12.3. The third-order valence-corrected chi connectivity index (χ3v) is 3.96. The molecule has 0 aromatic heterocycles. The maximum Gasteiger partial charge on any atom is 0.240 e. The summed E-state index contributed by atoms with van der Waals surface area (Å²) in [6, 6.07) is 0.340. The van der Waals surface area contributed by atoms with Gasteiger partial charge in [0.25, 0.3) is 0 Å². The summed E-state index contributed by atoms with van der Waals surface area (Å²) in [5.41, 5.74) is 0. The second-order valence-corrected chi connectivity index (χ2v) is 4.88. The number of rotatable bonds is 5. The number of hydrogen-bond acceptors (Lipinski definition) is 2. The molecule has 3 nitrogen and oxygen atoms in total. The maximum atomic E-state index is 12.1. The average molecular weight is 226 g/mol. The topological polar surface area (TPSA) is 32.3 Å². The molecule has 0 aromatic rings. The van der Waals surface area contributed by atoms with Crippen LogP contribution < -0.4 is 5.32 Å². The third kappa shape index (κ3) is 2.40. The molecule has 0 aliphatic carbocycles. The van der Waals surface area contributed by atoms with E-state index >= 15 is 0 Å². The molecule has 1 heterocycles. The van der Waals surface area contributed by atoms with Crippen molar-refractivity contribution in [2.45, 2.75) is 72.1 Å². The van der Waals surface area contributed by atoms with Crippen LogP contribution in [0.5, 0.6) is 0 Å². The Balaban J connectivity index is 2.79. The normalized spacial score (nSPS) is 27.9. The number of carbonyl (C=O) groups excluding carboxylic acids is 1. The van der Waals surface area contributed by atoms with Gasteiger partial charge in [0.15, 0.2) is 0 Å². The van der Waals surface area contributed by atoms with Gasteiger partial charge in [0, 0.05) is 6.04 Å². The molecule has 1 amide bonds. The Labute approximate surface area is 99.6 Å². The van der Waals surface area contributed by atoms with E-state index in [1.165, 1.54) is 0 Å². The predicted molar refractivity (Wildman–Crippen MR) is 67.1 cm³/mol. The summed E-state index contributed by atoms with van der Waals surface area (Å²) < 4.78 is 0. The molecule has 3 unspecified atom stereocenters. The summed E-state index contributed by atoms with van der Waals surface area (Å²) in [7, 11) is 0. The Morgan fingerprint density at radius 3 is 2.31 bits per heavy atom. The highest BCUT2D eigenvalue weighted by atomic mass is 16.2. The van der Waals surface area contributed by atoms with Gasteiger partial charge in [-0.3, -0.25) is 10.1 Å². The summed E-state index contributed by atoms with van der Waals surface area (Å²) in [6.07, 6.45) is 3.51. The molecule has 0 aromatic carbocycles. The first-order chi connectivity index (χ1) is 7.56. The Hall–Kier alpha value is -0.570. The zero-order valence-electron chi connectivity index (χ0n) is 11.3. The largest absolute Gasteiger partial charge is 0.323 e. The fraction of sp³-hybridized carbons (Fsp3) is 0.923. The minimum atomic E-state index is -0.0123. The lowest BCUT2D eigenvalue weighted by atomic mass is 9.94. The molecule has 1 aliphatic rings. The van der Waals surface area contributed by atoms with Crippen molar-refractivity contribution in [3.05, 3.63) is 0 Å². The lowest BCUT2D eigenvalue weighted by Crippen LogP contribution is -2.46. The molecule has 1 fully saturated rings. The van der Waals surface area contributed by atoms with Crippen LogP contribution in [0.2, 0.25) is 0 Å². The van der Waals surface area contributed by atoms with Gasteiger partial charge in [0.1, 0.15) is 0 Å². The number of amides is 1. The lowest BCUT2D eigenvalue weighted by Gasteiger charge is -2.34. The average Bonchev–Trinajstić information content (AvgIpc) is 2.56. The first-order valence-corrected chi connectivity index (χ1v) is 6.64. The highest BCUT2D eigenvalue weighted by Gasteiger charge is 2.39. The molecule has 1 aliphatic heterocycles. The smallest absolute Gasteiger partial charge is 0.240 e. The van der Waals surface area contributed by atoms with E-state index in [0.717, 1.165) is 19.3 Å². The summed E-state index contributed by atoms with van der Waals surface area (Å²) >= 11 is 0. The van der Waals surface area contributed by atoms with E-state index in [4.69, 9.17) is 0 Å². The SMILES string of the molecule is CCC(CC)C(C)N1C(=O)C(C)NC1CC. The van der Waals surface area contributed by atoms with Crippen LogP contribution in [-0.2, 0) is 4.79 Å². The Morgan fingerprint density at radius 1 is 1.31 bits per heavy atom. The predicted octanol–water partition coefficient (Wildman–Crippen LogP) is 2.37. The van der Waals surface area contributed by atoms with Crippen molar-refractivity contribution in [2.24, 2.45) is 5.92 Å². The molecule has 0 spiro atoms. The minimum Gasteiger partial charge on any atom is -0.323 e. The monoisotopic (exact) mass is 226 g/mol. The quantitative estimate of drug-likeness (QED) is 0.780. The molecular weight excluding hydrogens is 200 g/mol. The number of carbonyl (C=O) groups is 1. The van der Waals surface area contributed by atoms with Crippen molar-refractivity contribution < 1.29 is 4.79 Å². The van der Waals surface area contributed by atoms with Crippen LogP contribution in [0.15, 0.2) is 0 Å². The Bertz CT molecular complexity index is 238. The first-order valence-electron chi connectivity index (χ1n) is 6.64. The minimum absolute atomic E-state index is 0.0123. The van der Waals surface area contributed by atoms with Crippen molar-refractivity contribution in [3.63, 3.8) is 0 Å². The van der Waals surface area contributed by atoms with E-state index in [2.05, 4.69) is 37.9 Å². The van der Waals surface area contributed by atoms with Gasteiger partial charge in [-0.25, -0.2) is 0 Å². The van der Waals surface area contributed by atoms with Gasteiger partial charge in [-0.2, -0.15) is 0 Å². The van der Waals surface area contributed by atoms with Gasteiger partial charge in [-0.05, 0) is 26.2 Å². The Kier molecular flexibility index (Phi) is 4.78. The van der Waals surface area contributed by atoms with Crippen LogP contribution in [0.3, 0.4) is 0 Å². The highest BCUT2D eigenvalue weighted by Crippen LogP contribution is 2.24. The van der Waals surface area contributed by atoms with E-state index in [0.29, 0.717) is 12.0 Å². The maximum absolute atomic E-state index is 12.1.